The number of benzene rings is 1. The van der Waals surface area contributed by atoms with E-state index in [1.807, 2.05) is 32.2 Å². The minimum atomic E-state index is 0.00693. The van der Waals surface area contributed by atoms with Crippen LogP contribution in [-0.2, 0) is 0 Å². The van der Waals surface area contributed by atoms with Crippen molar-refractivity contribution in [3.05, 3.63) is 29.3 Å². The van der Waals surface area contributed by atoms with E-state index in [0.717, 1.165) is 29.7 Å². The Bertz CT molecular complexity index is 436. The molecule has 0 radical (unpaired) electrons. The summed E-state index contributed by atoms with van der Waals surface area (Å²) in [5, 5.41) is 6.20. The maximum absolute atomic E-state index is 12.2. The molecule has 2 rings (SSSR count). The second kappa shape index (κ2) is 4.40. The van der Waals surface area contributed by atoms with Gasteiger partial charge in [-0.1, -0.05) is 6.07 Å². The summed E-state index contributed by atoms with van der Waals surface area (Å²) >= 11 is 0. The Morgan fingerprint density at radius 2 is 2.06 bits per heavy atom. The summed E-state index contributed by atoms with van der Waals surface area (Å²) in [5.41, 5.74) is 2.78. The van der Waals surface area contributed by atoms with E-state index in [1.54, 1.807) is 0 Å². The normalized spacial score (nSPS) is 17.1. The van der Waals surface area contributed by atoms with Crippen molar-refractivity contribution in [2.75, 3.05) is 12.4 Å². The van der Waals surface area contributed by atoms with Crippen LogP contribution in [0.4, 0.5) is 5.69 Å². The molecule has 0 aliphatic heterocycles. The standard InChI is InChI=1S/C14H20N2O/c1-10-5-6-11(12(9-10)15-3)13(17)16-14(2)7-4-8-14/h5-6,9,15H,4,7-8H2,1-3H3,(H,16,17). The summed E-state index contributed by atoms with van der Waals surface area (Å²) in [6, 6.07) is 5.86. The molecule has 1 aromatic rings. The molecule has 2 N–H and O–H groups in total. The summed E-state index contributed by atoms with van der Waals surface area (Å²) in [5.74, 6) is 0.0246. The van der Waals surface area contributed by atoms with E-state index in [9.17, 15) is 4.79 Å². The van der Waals surface area contributed by atoms with Crippen LogP contribution in [0.25, 0.3) is 0 Å². The lowest BCUT2D eigenvalue weighted by Gasteiger charge is -2.39. The van der Waals surface area contributed by atoms with Crippen molar-refractivity contribution in [3.63, 3.8) is 0 Å². The molecule has 0 aromatic heterocycles. The molecule has 1 fully saturated rings. The Labute approximate surface area is 103 Å². The van der Waals surface area contributed by atoms with Gasteiger partial charge in [-0.05, 0) is 50.8 Å². The molecule has 92 valence electrons. The quantitative estimate of drug-likeness (QED) is 0.841. The van der Waals surface area contributed by atoms with Crippen LogP contribution in [0.2, 0.25) is 0 Å². The van der Waals surface area contributed by atoms with Gasteiger partial charge in [-0.25, -0.2) is 0 Å². The summed E-state index contributed by atoms with van der Waals surface area (Å²) in [4.78, 5) is 12.2. The Morgan fingerprint density at radius 1 is 1.35 bits per heavy atom. The first-order chi connectivity index (χ1) is 8.04. The van der Waals surface area contributed by atoms with Crippen molar-refractivity contribution in [2.24, 2.45) is 0 Å². The molecule has 1 aliphatic carbocycles. The van der Waals surface area contributed by atoms with Crippen molar-refractivity contribution in [1.29, 1.82) is 0 Å². The first-order valence-electron chi connectivity index (χ1n) is 6.15. The second-order valence-corrected chi connectivity index (χ2v) is 5.17. The molecule has 0 heterocycles. The third kappa shape index (κ3) is 2.43. The van der Waals surface area contributed by atoms with Gasteiger partial charge in [-0.15, -0.1) is 0 Å². The van der Waals surface area contributed by atoms with Crippen LogP contribution in [0.5, 0.6) is 0 Å². The fourth-order valence-electron chi connectivity index (χ4n) is 2.24. The average molecular weight is 232 g/mol. The third-order valence-corrected chi connectivity index (χ3v) is 3.56. The van der Waals surface area contributed by atoms with E-state index in [2.05, 4.69) is 17.6 Å². The van der Waals surface area contributed by atoms with Crippen LogP contribution in [0.1, 0.15) is 42.1 Å². The zero-order chi connectivity index (χ0) is 12.5. The Kier molecular flexibility index (Phi) is 3.09. The average Bonchev–Trinajstić information content (AvgIpc) is 2.26. The molecule has 0 atom stereocenters. The molecular weight excluding hydrogens is 212 g/mol. The van der Waals surface area contributed by atoms with Crippen LogP contribution in [0, 0.1) is 6.92 Å². The maximum atomic E-state index is 12.2. The number of hydrogen-bond donors (Lipinski definition) is 2. The highest BCUT2D eigenvalue weighted by Gasteiger charge is 2.33. The molecule has 0 spiro atoms. The topological polar surface area (TPSA) is 41.1 Å². The molecule has 3 nitrogen and oxygen atoms in total. The highest BCUT2D eigenvalue weighted by atomic mass is 16.1. The van der Waals surface area contributed by atoms with Gasteiger partial charge < -0.3 is 10.6 Å². The van der Waals surface area contributed by atoms with Crippen molar-refractivity contribution in [1.82, 2.24) is 5.32 Å². The van der Waals surface area contributed by atoms with Gasteiger partial charge in [0, 0.05) is 18.3 Å². The molecule has 0 unspecified atom stereocenters. The number of carbonyl (C=O) groups is 1. The van der Waals surface area contributed by atoms with Crippen molar-refractivity contribution < 1.29 is 4.79 Å². The number of nitrogens with one attached hydrogen (secondary N) is 2. The van der Waals surface area contributed by atoms with Gasteiger partial charge in [-0.2, -0.15) is 0 Å². The van der Waals surface area contributed by atoms with E-state index in [1.165, 1.54) is 6.42 Å². The van der Waals surface area contributed by atoms with Crippen LogP contribution >= 0.6 is 0 Å². The van der Waals surface area contributed by atoms with Crippen LogP contribution < -0.4 is 10.6 Å². The molecule has 1 saturated carbocycles. The van der Waals surface area contributed by atoms with Crippen molar-refractivity contribution in [3.8, 4) is 0 Å². The Balaban J connectivity index is 2.18. The summed E-state index contributed by atoms with van der Waals surface area (Å²) in [7, 11) is 1.84. The number of amides is 1. The fourth-order valence-corrected chi connectivity index (χ4v) is 2.24. The number of anilines is 1. The molecular formula is C14H20N2O. The zero-order valence-corrected chi connectivity index (χ0v) is 10.8. The second-order valence-electron chi connectivity index (χ2n) is 5.17. The van der Waals surface area contributed by atoms with Gasteiger partial charge >= 0.3 is 0 Å². The minimum Gasteiger partial charge on any atom is -0.387 e. The molecule has 0 bridgehead atoms. The largest absolute Gasteiger partial charge is 0.387 e. The summed E-state index contributed by atoms with van der Waals surface area (Å²) in [6.45, 7) is 4.14. The molecule has 3 heteroatoms. The van der Waals surface area contributed by atoms with Crippen LogP contribution in [0.3, 0.4) is 0 Å². The van der Waals surface area contributed by atoms with E-state index in [-0.39, 0.29) is 11.4 Å². The van der Waals surface area contributed by atoms with Gasteiger partial charge in [0.2, 0.25) is 0 Å². The molecule has 0 saturated heterocycles. The van der Waals surface area contributed by atoms with Gasteiger partial charge in [0.15, 0.2) is 0 Å². The maximum Gasteiger partial charge on any atom is 0.253 e. The lowest BCUT2D eigenvalue weighted by molar-refractivity contribution is 0.0851. The third-order valence-electron chi connectivity index (χ3n) is 3.56. The Hall–Kier alpha value is -1.51. The van der Waals surface area contributed by atoms with Gasteiger partial charge in [-0.3, -0.25) is 4.79 Å². The molecule has 17 heavy (non-hydrogen) atoms. The zero-order valence-electron chi connectivity index (χ0n) is 10.8. The van der Waals surface area contributed by atoms with Crippen LogP contribution in [-0.4, -0.2) is 18.5 Å². The van der Waals surface area contributed by atoms with Gasteiger partial charge in [0.05, 0.1) is 5.56 Å². The van der Waals surface area contributed by atoms with E-state index < -0.39 is 0 Å². The first-order valence-corrected chi connectivity index (χ1v) is 6.15. The van der Waals surface area contributed by atoms with E-state index >= 15 is 0 Å². The van der Waals surface area contributed by atoms with Crippen molar-refractivity contribution >= 4 is 11.6 Å². The van der Waals surface area contributed by atoms with E-state index in [0.29, 0.717) is 0 Å². The van der Waals surface area contributed by atoms with E-state index in [4.69, 9.17) is 0 Å². The molecule has 1 amide bonds. The number of carbonyl (C=O) groups excluding carboxylic acids is 1. The lowest BCUT2D eigenvalue weighted by atomic mass is 9.78. The van der Waals surface area contributed by atoms with Crippen molar-refractivity contribution in [2.45, 2.75) is 38.6 Å². The summed E-state index contributed by atoms with van der Waals surface area (Å²) < 4.78 is 0. The lowest BCUT2D eigenvalue weighted by Crippen LogP contribution is -2.51. The number of aryl methyl sites for hydroxylation is 1. The molecule has 1 aliphatic rings. The monoisotopic (exact) mass is 232 g/mol. The summed E-state index contributed by atoms with van der Waals surface area (Å²) in [6.07, 6.45) is 3.38. The highest BCUT2D eigenvalue weighted by molar-refractivity contribution is 6.00. The highest BCUT2D eigenvalue weighted by Crippen LogP contribution is 2.31. The number of rotatable bonds is 3. The van der Waals surface area contributed by atoms with Crippen LogP contribution in [0.15, 0.2) is 18.2 Å². The first kappa shape index (κ1) is 12.0. The number of hydrogen-bond acceptors (Lipinski definition) is 2. The predicted octanol–water partition coefficient (Wildman–Crippen LogP) is 2.71. The molecule has 1 aromatic carbocycles. The van der Waals surface area contributed by atoms with Gasteiger partial charge in [0.1, 0.15) is 0 Å². The SMILES string of the molecule is CNc1cc(C)ccc1C(=O)NC1(C)CCC1. The fraction of sp³-hybridized carbons (Fsp3) is 0.500. The Morgan fingerprint density at radius 3 is 2.59 bits per heavy atom. The minimum absolute atomic E-state index is 0.00693. The van der Waals surface area contributed by atoms with Gasteiger partial charge in [0.25, 0.3) is 5.91 Å². The smallest absolute Gasteiger partial charge is 0.253 e. The predicted molar refractivity (Wildman–Crippen MR) is 70.4 cm³/mol.